The molecule has 1 saturated heterocycles. The van der Waals surface area contributed by atoms with Gasteiger partial charge < -0.3 is 15.1 Å². The van der Waals surface area contributed by atoms with Crippen LogP contribution >= 0.6 is 11.6 Å². The standard InChI is InChI=1S/C14H17ClN4O/c1-18(10-14(20)19-6-4-17-5-7-19)13-8-12(15)3-2-11(13)9-16/h2-3,8,17H,4-7,10H2,1H3. The molecule has 0 atom stereocenters. The molecular weight excluding hydrogens is 276 g/mol. The van der Waals surface area contributed by atoms with Gasteiger partial charge in [0.05, 0.1) is 17.8 Å². The molecule has 1 fully saturated rings. The van der Waals surface area contributed by atoms with E-state index >= 15 is 0 Å². The van der Waals surface area contributed by atoms with Gasteiger partial charge in [0.25, 0.3) is 0 Å². The summed E-state index contributed by atoms with van der Waals surface area (Å²) in [5.74, 6) is 0.0675. The number of piperazine rings is 1. The van der Waals surface area contributed by atoms with Gasteiger partial charge in [0.1, 0.15) is 6.07 Å². The largest absolute Gasteiger partial charge is 0.364 e. The van der Waals surface area contributed by atoms with Crippen molar-refractivity contribution in [2.24, 2.45) is 0 Å². The molecule has 1 aliphatic heterocycles. The monoisotopic (exact) mass is 292 g/mol. The number of anilines is 1. The molecule has 20 heavy (non-hydrogen) atoms. The van der Waals surface area contributed by atoms with Crippen molar-refractivity contribution in [3.8, 4) is 6.07 Å². The van der Waals surface area contributed by atoms with E-state index < -0.39 is 0 Å². The molecule has 0 aromatic heterocycles. The van der Waals surface area contributed by atoms with E-state index in [0.29, 0.717) is 16.3 Å². The second-order valence-corrected chi connectivity index (χ2v) is 5.20. The molecule has 0 unspecified atom stereocenters. The molecule has 1 aromatic carbocycles. The summed E-state index contributed by atoms with van der Waals surface area (Å²) in [6, 6.07) is 7.18. The third-order valence-electron chi connectivity index (χ3n) is 3.33. The van der Waals surface area contributed by atoms with Crippen molar-refractivity contribution < 1.29 is 4.79 Å². The number of carbonyl (C=O) groups is 1. The molecule has 1 amide bonds. The Hall–Kier alpha value is -1.77. The summed E-state index contributed by atoms with van der Waals surface area (Å²) >= 11 is 5.96. The lowest BCUT2D eigenvalue weighted by Crippen LogP contribution is -2.49. The van der Waals surface area contributed by atoms with Crippen molar-refractivity contribution in [1.29, 1.82) is 5.26 Å². The van der Waals surface area contributed by atoms with E-state index in [0.717, 1.165) is 26.2 Å². The molecule has 5 nitrogen and oxygen atoms in total. The number of nitrogens with zero attached hydrogens (tertiary/aromatic N) is 3. The molecule has 1 aromatic rings. The van der Waals surface area contributed by atoms with Gasteiger partial charge in [0, 0.05) is 38.2 Å². The zero-order valence-electron chi connectivity index (χ0n) is 11.4. The molecule has 1 N–H and O–H groups in total. The first kappa shape index (κ1) is 14.6. The van der Waals surface area contributed by atoms with E-state index in [2.05, 4.69) is 11.4 Å². The van der Waals surface area contributed by atoms with Crippen molar-refractivity contribution in [2.45, 2.75) is 0 Å². The molecule has 1 heterocycles. The zero-order valence-corrected chi connectivity index (χ0v) is 12.2. The van der Waals surface area contributed by atoms with Gasteiger partial charge in [-0.3, -0.25) is 4.79 Å². The number of hydrogen-bond acceptors (Lipinski definition) is 4. The fourth-order valence-corrected chi connectivity index (χ4v) is 2.38. The van der Waals surface area contributed by atoms with E-state index in [9.17, 15) is 4.79 Å². The smallest absolute Gasteiger partial charge is 0.242 e. The average molecular weight is 293 g/mol. The molecule has 2 rings (SSSR count). The second-order valence-electron chi connectivity index (χ2n) is 4.76. The first-order valence-corrected chi connectivity index (χ1v) is 6.89. The minimum Gasteiger partial charge on any atom is -0.364 e. The number of nitriles is 1. The van der Waals surface area contributed by atoms with E-state index in [1.54, 1.807) is 30.1 Å². The van der Waals surface area contributed by atoms with E-state index in [-0.39, 0.29) is 12.5 Å². The third-order valence-corrected chi connectivity index (χ3v) is 3.57. The lowest BCUT2D eigenvalue weighted by molar-refractivity contribution is -0.130. The van der Waals surface area contributed by atoms with Crippen LogP contribution in [-0.4, -0.2) is 50.6 Å². The fraction of sp³-hybridized carbons (Fsp3) is 0.429. The minimum atomic E-state index is 0.0675. The Labute approximate surface area is 123 Å². The van der Waals surface area contributed by atoms with Gasteiger partial charge in [0.15, 0.2) is 0 Å². The quantitative estimate of drug-likeness (QED) is 0.906. The van der Waals surface area contributed by atoms with Crippen LogP contribution in [0.15, 0.2) is 18.2 Å². The molecule has 106 valence electrons. The Morgan fingerprint density at radius 2 is 2.20 bits per heavy atom. The molecule has 6 heteroatoms. The molecule has 0 saturated carbocycles. The van der Waals surface area contributed by atoms with Crippen LogP contribution in [0.25, 0.3) is 0 Å². The highest BCUT2D eigenvalue weighted by atomic mass is 35.5. The first-order valence-electron chi connectivity index (χ1n) is 6.51. The topological polar surface area (TPSA) is 59.4 Å². The van der Waals surface area contributed by atoms with Crippen LogP contribution in [0.5, 0.6) is 0 Å². The Bertz CT molecular complexity index is 534. The maximum Gasteiger partial charge on any atom is 0.242 e. The fourth-order valence-electron chi connectivity index (χ4n) is 2.22. The number of nitrogens with one attached hydrogen (secondary N) is 1. The number of benzene rings is 1. The van der Waals surface area contributed by atoms with Crippen LogP contribution < -0.4 is 10.2 Å². The van der Waals surface area contributed by atoms with Crippen molar-refractivity contribution in [2.75, 3.05) is 44.7 Å². The third kappa shape index (κ3) is 3.41. The van der Waals surface area contributed by atoms with Crippen LogP contribution in [0.2, 0.25) is 5.02 Å². The maximum absolute atomic E-state index is 12.2. The minimum absolute atomic E-state index is 0.0675. The van der Waals surface area contributed by atoms with E-state index in [1.165, 1.54) is 0 Å². The number of likely N-dealkylation sites (N-methyl/N-ethyl adjacent to an activating group) is 1. The lowest BCUT2D eigenvalue weighted by Gasteiger charge is -2.30. The van der Waals surface area contributed by atoms with Gasteiger partial charge in [-0.1, -0.05) is 11.6 Å². The van der Waals surface area contributed by atoms with Crippen molar-refractivity contribution in [1.82, 2.24) is 10.2 Å². The predicted molar refractivity (Wildman–Crippen MR) is 78.9 cm³/mol. The highest BCUT2D eigenvalue weighted by molar-refractivity contribution is 6.30. The highest BCUT2D eigenvalue weighted by Crippen LogP contribution is 2.23. The molecule has 0 spiro atoms. The van der Waals surface area contributed by atoms with Gasteiger partial charge in [-0.25, -0.2) is 0 Å². The number of halogens is 1. The van der Waals surface area contributed by atoms with Crippen LogP contribution in [-0.2, 0) is 4.79 Å². The number of hydrogen-bond donors (Lipinski definition) is 1. The Balaban J connectivity index is 2.07. The maximum atomic E-state index is 12.2. The molecule has 0 bridgehead atoms. The van der Waals surface area contributed by atoms with Crippen molar-refractivity contribution in [3.05, 3.63) is 28.8 Å². The van der Waals surface area contributed by atoms with Crippen LogP contribution in [0.3, 0.4) is 0 Å². The highest BCUT2D eigenvalue weighted by Gasteiger charge is 2.19. The summed E-state index contributed by atoms with van der Waals surface area (Å²) in [6.07, 6.45) is 0. The second kappa shape index (κ2) is 6.60. The number of carbonyl (C=O) groups excluding carboxylic acids is 1. The molecule has 0 radical (unpaired) electrons. The predicted octanol–water partition coefficient (Wildman–Crippen LogP) is 1.08. The Morgan fingerprint density at radius 3 is 2.85 bits per heavy atom. The summed E-state index contributed by atoms with van der Waals surface area (Å²) in [7, 11) is 1.80. The van der Waals surface area contributed by atoms with E-state index in [4.69, 9.17) is 16.9 Å². The van der Waals surface area contributed by atoms with Crippen LogP contribution in [0, 0.1) is 11.3 Å². The van der Waals surface area contributed by atoms with Crippen molar-refractivity contribution >= 4 is 23.2 Å². The summed E-state index contributed by atoms with van der Waals surface area (Å²) in [4.78, 5) is 15.8. The Kier molecular flexibility index (Phi) is 4.83. The normalized spacial score (nSPS) is 14.8. The average Bonchev–Trinajstić information content (AvgIpc) is 2.48. The van der Waals surface area contributed by atoms with Gasteiger partial charge in [0.2, 0.25) is 5.91 Å². The first-order chi connectivity index (χ1) is 9.61. The summed E-state index contributed by atoms with van der Waals surface area (Å²) in [5, 5.41) is 12.9. The van der Waals surface area contributed by atoms with Crippen molar-refractivity contribution in [3.63, 3.8) is 0 Å². The lowest BCUT2D eigenvalue weighted by atomic mass is 10.2. The summed E-state index contributed by atoms with van der Waals surface area (Å²) in [6.45, 7) is 3.36. The summed E-state index contributed by atoms with van der Waals surface area (Å²) < 4.78 is 0. The van der Waals surface area contributed by atoms with Gasteiger partial charge in [-0.05, 0) is 18.2 Å². The van der Waals surface area contributed by atoms with Gasteiger partial charge in [-0.15, -0.1) is 0 Å². The van der Waals surface area contributed by atoms with Crippen LogP contribution in [0.4, 0.5) is 5.69 Å². The molecular formula is C14H17ClN4O. The zero-order chi connectivity index (χ0) is 14.5. The van der Waals surface area contributed by atoms with Crippen LogP contribution in [0.1, 0.15) is 5.56 Å². The Morgan fingerprint density at radius 1 is 1.50 bits per heavy atom. The SMILES string of the molecule is CN(CC(=O)N1CCNCC1)c1cc(Cl)ccc1C#N. The van der Waals surface area contributed by atoms with E-state index in [1.807, 2.05) is 4.90 Å². The molecule has 1 aliphatic rings. The number of rotatable bonds is 3. The number of amides is 1. The van der Waals surface area contributed by atoms with Gasteiger partial charge >= 0.3 is 0 Å². The summed E-state index contributed by atoms with van der Waals surface area (Å²) in [5.41, 5.74) is 1.20. The molecule has 0 aliphatic carbocycles. The van der Waals surface area contributed by atoms with Gasteiger partial charge in [-0.2, -0.15) is 5.26 Å².